The molecule has 0 aromatic heterocycles. The standard InChI is InChI=1S/C11H16FNO/c1-3-11(2,8-13)14-10-6-4-5-9(12)7-10/h4-7H,3,8,13H2,1-2H3. The quantitative estimate of drug-likeness (QED) is 0.804. The topological polar surface area (TPSA) is 35.2 Å². The van der Waals surface area contributed by atoms with Crippen LogP contribution in [0.25, 0.3) is 0 Å². The van der Waals surface area contributed by atoms with E-state index in [0.717, 1.165) is 6.42 Å². The van der Waals surface area contributed by atoms with Gasteiger partial charge in [-0.05, 0) is 25.5 Å². The first-order valence-electron chi connectivity index (χ1n) is 4.74. The number of hydrogen-bond acceptors (Lipinski definition) is 2. The molecule has 1 unspecified atom stereocenters. The monoisotopic (exact) mass is 197 g/mol. The van der Waals surface area contributed by atoms with Gasteiger partial charge in [-0.15, -0.1) is 0 Å². The third-order valence-electron chi connectivity index (χ3n) is 2.34. The van der Waals surface area contributed by atoms with Gasteiger partial charge >= 0.3 is 0 Å². The fourth-order valence-electron chi connectivity index (χ4n) is 1.07. The molecule has 0 aliphatic heterocycles. The van der Waals surface area contributed by atoms with Crippen LogP contribution in [0.5, 0.6) is 5.75 Å². The zero-order valence-electron chi connectivity index (χ0n) is 8.59. The Bertz CT molecular complexity index is 297. The largest absolute Gasteiger partial charge is 0.486 e. The van der Waals surface area contributed by atoms with Gasteiger partial charge in [-0.25, -0.2) is 4.39 Å². The van der Waals surface area contributed by atoms with E-state index in [0.29, 0.717) is 12.3 Å². The van der Waals surface area contributed by atoms with Gasteiger partial charge in [0.1, 0.15) is 17.2 Å². The van der Waals surface area contributed by atoms with E-state index in [1.54, 1.807) is 12.1 Å². The zero-order valence-corrected chi connectivity index (χ0v) is 8.59. The van der Waals surface area contributed by atoms with Crippen molar-refractivity contribution in [3.8, 4) is 5.75 Å². The predicted octanol–water partition coefficient (Wildman–Crippen LogP) is 2.33. The SMILES string of the molecule is CCC(C)(CN)Oc1cccc(F)c1. The molecule has 2 N–H and O–H groups in total. The Kier molecular flexibility index (Phi) is 3.47. The molecule has 0 fully saturated rings. The third kappa shape index (κ3) is 2.70. The van der Waals surface area contributed by atoms with E-state index in [9.17, 15) is 4.39 Å². The van der Waals surface area contributed by atoms with E-state index < -0.39 is 5.60 Å². The fourth-order valence-corrected chi connectivity index (χ4v) is 1.07. The van der Waals surface area contributed by atoms with Crippen molar-refractivity contribution in [1.29, 1.82) is 0 Å². The maximum absolute atomic E-state index is 12.8. The summed E-state index contributed by atoms with van der Waals surface area (Å²) in [6.07, 6.45) is 0.792. The number of rotatable bonds is 4. The maximum atomic E-state index is 12.8. The zero-order chi connectivity index (χ0) is 10.6. The lowest BCUT2D eigenvalue weighted by atomic mass is 10.0. The van der Waals surface area contributed by atoms with Crippen molar-refractivity contribution in [2.24, 2.45) is 5.73 Å². The molecule has 14 heavy (non-hydrogen) atoms. The molecule has 0 saturated heterocycles. The molecule has 1 aromatic rings. The molecule has 0 radical (unpaired) electrons. The van der Waals surface area contributed by atoms with Gasteiger partial charge in [0.2, 0.25) is 0 Å². The Morgan fingerprint density at radius 1 is 1.50 bits per heavy atom. The van der Waals surface area contributed by atoms with E-state index in [1.807, 2.05) is 13.8 Å². The highest BCUT2D eigenvalue weighted by atomic mass is 19.1. The van der Waals surface area contributed by atoms with E-state index in [4.69, 9.17) is 10.5 Å². The van der Waals surface area contributed by atoms with Crippen molar-refractivity contribution < 1.29 is 9.13 Å². The van der Waals surface area contributed by atoms with Gasteiger partial charge in [-0.1, -0.05) is 13.0 Å². The summed E-state index contributed by atoms with van der Waals surface area (Å²) < 4.78 is 18.5. The molecule has 3 heteroatoms. The van der Waals surface area contributed by atoms with Crippen molar-refractivity contribution >= 4 is 0 Å². The Balaban J connectivity index is 2.77. The van der Waals surface area contributed by atoms with Crippen LogP contribution < -0.4 is 10.5 Å². The molecule has 0 spiro atoms. The Labute approximate surface area is 83.9 Å². The van der Waals surface area contributed by atoms with Crippen LogP contribution in [-0.4, -0.2) is 12.1 Å². The Hall–Kier alpha value is -1.09. The van der Waals surface area contributed by atoms with Crippen LogP contribution in [0.3, 0.4) is 0 Å². The normalized spacial score (nSPS) is 14.9. The van der Waals surface area contributed by atoms with Crippen molar-refractivity contribution in [1.82, 2.24) is 0 Å². The summed E-state index contributed by atoms with van der Waals surface area (Å²) >= 11 is 0. The van der Waals surface area contributed by atoms with Crippen LogP contribution in [-0.2, 0) is 0 Å². The van der Waals surface area contributed by atoms with Gasteiger partial charge in [0.15, 0.2) is 0 Å². The predicted molar refractivity (Wildman–Crippen MR) is 54.8 cm³/mol. The smallest absolute Gasteiger partial charge is 0.126 e. The van der Waals surface area contributed by atoms with Gasteiger partial charge in [-0.3, -0.25) is 0 Å². The molecule has 2 nitrogen and oxygen atoms in total. The molecule has 0 heterocycles. The van der Waals surface area contributed by atoms with Crippen molar-refractivity contribution in [2.75, 3.05) is 6.54 Å². The molecule has 1 aromatic carbocycles. The van der Waals surface area contributed by atoms with Crippen molar-refractivity contribution in [3.63, 3.8) is 0 Å². The summed E-state index contributed by atoms with van der Waals surface area (Å²) in [6, 6.07) is 6.10. The van der Waals surface area contributed by atoms with E-state index >= 15 is 0 Å². The summed E-state index contributed by atoms with van der Waals surface area (Å²) in [4.78, 5) is 0. The van der Waals surface area contributed by atoms with Crippen LogP contribution >= 0.6 is 0 Å². The molecule has 1 atom stereocenters. The maximum Gasteiger partial charge on any atom is 0.126 e. The van der Waals surface area contributed by atoms with Gasteiger partial charge in [-0.2, -0.15) is 0 Å². The van der Waals surface area contributed by atoms with Gasteiger partial charge in [0, 0.05) is 12.6 Å². The number of nitrogens with two attached hydrogens (primary N) is 1. The van der Waals surface area contributed by atoms with Crippen molar-refractivity contribution in [2.45, 2.75) is 25.9 Å². The molecule has 78 valence electrons. The van der Waals surface area contributed by atoms with Gasteiger partial charge < -0.3 is 10.5 Å². The second-order valence-electron chi connectivity index (χ2n) is 3.57. The summed E-state index contributed by atoms with van der Waals surface area (Å²) in [5, 5.41) is 0. The molecule has 0 saturated carbocycles. The number of benzene rings is 1. The average molecular weight is 197 g/mol. The van der Waals surface area contributed by atoms with Crippen LogP contribution in [0.15, 0.2) is 24.3 Å². The molecular formula is C11H16FNO. The average Bonchev–Trinajstić information content (AvgIpc) is 2.18. The lowest BCUT2D eigenvalue weighted by Crippen LogP contribution is -2.39. The van der Waals surface area contributed by atoms with Crippen molar-refractivity contribution in [3.05, 3.63) is 30.1 Å². The summed E-state index contributed by atoms with van der Waals surface area (Å²) in [5.41, 5.74) is 5.18. The summed E-state index contributed by atoms with van der Waals surface area (Å²) in [5.74, 6) is 0.234. The highest BCUT2D eigenvalue weighted by Crippen LogP contribution is 2.20. The van der Waals surface area contributed by atoms with E-state index in [-0.39, 0.29) is 5.82 Å². The number of halogens is 1. The molecule has 0 aliphatic rings. The second kappa shape index (κ2) is 4.42. The van der Waals surface area contributed by atoms with E-state index in [2.05, 4.69) is 0 Å². The molecular weight excluding hydrogens is 181 g/mol. The first-order valence-corrected chi connectivity index (χ1v) is 4.74. The minimum atomic E-state index is -0.409. The summed E-state index contributed by atoms with van der Waals surface area (Å²) in [7, 11) is 0. The third-order valence-corrected chi connectivity index (χ3v) is 2.34. The Morgan fingerprint density at radius 3 is 2.71 bits per heavy atom. The van der Waals surface area contributed by atoms with Crippen LogP contribution in [0.4, 0.5) is 4.39 Å². The van der Waals surface area contributed by atoms with Gasteiger partial charge in [0.25, 0.3) is 0 Å². The lowest BCUT2D eigenvalue weighted by Gasteiger charge is -2.27. The molecule has 1 rings (SSSR count). The van der Waals surface area contributed by atoms with Gasteiger partial charge in [0.05, 0.1) is 0 Å². The summed E-state index contributed by atoms with van der Waals surface area (Å²) in [6.45, 7) is 4.32. The number of ether oxygens (including phenoxy) is 1. The lowest BCUT2D eigenvalue weighted by molar-refractivity contribution is 0.0931. The fraction of sp³-hybridized carbons (Fsp3) is 0.455. The van der Waals surface area contributed by atoms with E-state index in [1.165, 1.54) is 12.1 Å². The minimum Gasteiger partial charge on any atom is -0.486 e. The second-order valence-corrected chi connectivity index (χ2v) is 3.57. The highest BCUT2D eigenvalue weighted by molar-refractivity contribution is 5.23. The minimum absolute atomic E-state index is 0.294. The van der Waals surface area contributed by atoms with Crippen LogP contribution in [0.2, 0.25) is 0 Å². The molecule has 0 amide bonds. The first-order chi connectivity index (χ1) is 6.59. The van der Waals surface area contributed by atoms with Crippen LogP contribution in [0.1, 0.15) is 20.3 Å². The highest BCUT2D eigenvalue weighted by Gasteiger charge is 2.21. The molecule has 0 aliphatic carbocycles. The van der Waals surface area contributed by atoms with Crippen LogP contribution in [0, 0.1) is 5.82 Å². The molecule has 0 bridgehead atoms. The first kappa shape index (κ1) is 11.0. The number of hydrogen-bond donors (Lipinski definition) is 1. The Morgan fingerprint density at radius 2 is 2.21 bits per heavy atom.